The molecule has 0 bridgehead atoms. The van der Waals surface area contributed by atoms with Gasteiger partial charge in [-0.1, -0.05) is 6.07 Å². The molecule has 0 fully saturated rings. The van der Waals surface area contributed by atoms with Gasteiger partial charge in [0.1, 0.15) is 23.2 Å². The lowest BCUT2D eigenvalue weighted by molar-refractivity contribution is -0.141. The molecule has 3 aromatic heterocycles. The Bertz CT molecular complexity index is 1170. The van der Waals surface area contributed by atoms with E-state index in [1.165, 1.54) is 12.3 Å². The second kappa shape index (κ2) is 8.45. The number of alkyl halides is 3. The molecule has 0 aromatic carbocycles. The van der Waals surface area contributed by atoms with Gasteiger partial charge in [0.25, 0.3) is 0 Å². The standard InChI is InChI=1S/C22H24F3N7O/c1-13-19-20(30(3)14(2)21(33)31(19)4)29-18(28-13)8-6-16-10-27-32(12-16)11-15-5-7-17(26-9-15)22(23,24)25/h5,7,9-10,12,14H,6,8,11H2,1-4H3/t14-/m1/s1. The minimum Gasteiger partial charge on any atom is -0.346 e. The number of hydrogen-bond donors (Lipinski definition) is 0. The first-order valence-corrected chi connectivity index (χ1v) is 10.5. The molecule has 4 rings (SSSR count). The number of likely N-dealkylation sites (N-methyl/N-ethyl adjacent to an activating group) is 2. The molecule has 33 heavy (non-hydrogen) atoms. The van der Waals surface area contributed by atoms with Crippen molar-refractivity contribution in [3.63, 3.8) is 0 Å². The topological polar surface area (TPSA) is 80.0 Å². The van der Waals surface area contributed by atoms with E-state index in [4.69, 9.17) is 4.98 Å². The van der Waals surface area contributed by atoms with Crippen LogP contribution >= 0.6 is 0 Å². The summed E-state index contributed by atoms with van der Waals surface area (Å²) in [6, 6.07) is 2.07. The highest BCUT2D eigenvalue weighted by Gasteiger charge is 2.34. The maximum Gasteiger partial charge on any atom is 0.433 e. The normalized spacial score (nSPS) is 16.3. The van der Waals surface area contributed by atoms with E-state index < -0.39 is 11.9 Å². The number of amides is 1. The van der Waals surface area contributed by atoms with Crippen molar-refractivity contribution in [1.82, 2.24) is 24.7 Å². The monoisotopic (exact) mass is 459 g/mol. The third-order valence-corrected chi connectivity index (χ3v) is 5.81. The van der Waals surface area contributed by atoms with Gasteiger partial charge in [-0.05, 0) is 37.5 Å². The van der Waals surface area contributed by atoms with Crippen LogP contribution in [-0.4, -0.2) is 50.8 Å². The van der Waals surface area contributed by atoms with Crippen LogP contribution in [0.1, 0.15) is 35.3 Å². The van der Waals surface area contributed by atoms with Crippen LogP contribution in [0.25, 0.3) is 0 Å². The van der Waals surface area contributed by atoms with E-state index in [-0.39, 0.29) is 11.9 Å². The number of hydrogen-bond acceptors (Lipinski definition) is 6. The van der Waals surface area contributed by atoms with E-state index in [0.29, 0.717) is 30.8 Å². The van der Waals surface area contributed by atoms with Gasteiger partial charge in [0, 0.05) is 32.9 Å². The molecule has 0 unspecified atom stereocenters. The molecule has 0 N–H and O–H groups in total. The second-order valence-corrected chi connectivity index (χ2v) is 8.18. The maximum atomic E-state index is 12.7. The Balaban J connectivity index is 1.44. The SMILES string of the molecule is Cc1nc(CCc2cnn(Cc3ccc(C(F)(F)F)nc3)c2)nc2c1N(C)C(=O)[C@@H](C)N2C. The highest BCUT2D eigenvalue weighted by Crippen LogP contribution is 2.34. The lowest BCUT2D eigenvalue weighted by atomic mass is 10.1. The molecule has 0 aliphatic carbocycles. The summed E-state index contributed by atoms with van der Waals surface area (Å²) in [6.07, 6.45) is 1.57. The number of halogens is 3. The number of carbonyl (C=O) groups excluding carboxylic acids is 1. The molecule has 0 radical (unpaired) electrons. The first-order chi connectivity index (χ1) is 15.5. The van der Waals surface area contributed by atoms with Gasteiger partial charge in [-0.15, -0.1) is 0 Å². The van der Waals surface area contributed by atoms with Gasteiger partial charge in [-0.2, -0.15) is 18.3 Å². The Kier molecular flexibility index (Phi) is 5.81. The van der Waals surface area contributed by atoms with E-state index in [1.54, 1.807) is 22.8 Å². The summed E-state index contributed by atoms with van der Waals surface area (Å²) in [4.78, 5) is 28.7. The van der Waals surface area contributed by atoms with Crippen molar-refractivity contribution in [2.45, 2.75) is 45.5 Å². The average molecular weight is 459 g/mol. The predicted octanol–water partition coefficient (Wildman–Crippen LogP) is 3.03. The highest BCUT2D eigenvalue weighted by atomic mass is 19.4. The molecule has 1 aliphatic rings. The van der Waals surface area contributed by atoms with Gasteiger partial charge in [-0.25, -0.2) is 9.97 Å². The minimum atomic E-state index is -4.45. The van der Waals surface area contributed by atoms with Crippen molar-refractivity contribution in [3.05, 3.63) is 59.1 Å². The summed E-state index contributed by atoms with van der Waals surface area (Å²) in [6.45, 7) is 4.04. The van der Waals surface area contributed by atoms with Crippen LogP contribution in [0.2, 0.25) is 0 Å². The van der Waals surface area contributed by atoms with Crippen LogP contribution in [0.3, 0.4) is 0 Å². The summed E-state index contributed by atoms with van der Waals surface area (Å²) >= 11 is 0. The van der Waals surface area contributed by atoms with Crippen molar-refractivity contribution in [3.8, 4) is 0 Å². The molecule has 174 valence electrons. The first kappa shape index (κ1) is 22.7. The van der Waals surface area contributed by atoms with Gasteiger partial charge in [-0.3, -0.25) is 14.5 Å². The predicted molar refractivity (Wildman–Crippen MR) is 116 cm³/mol. The molecule has 8 nitrogen and oxygen atoms in total. The molecule has 0 saturated carbocycles. The number of fused-ring (bicyclic) bond motifs is 1. The largest absolute Gasteiger partial charge is 0.433 e. The molecule has 1 aliphatic heterocycles. The molecule has 3 aromatic rings. The summed E-state index contributed by atoms with van der Waals surface area (Å²) in [7, 11) is 3.59. The zero-order valence-corrected chi connectivity index (χ0v) is 18.8. The number of pyridine rings is 1. The van der Waals surface area contributed by atoms with E-state index in [2.05, 4.69) is 15.1 Å². The first-order valence-electron chi connectivity index (χ1n) is 10.5. The fraction of sp³-hybridized carbons (Fsp3) is 0.409. The Morgan fingerprint density at radius 3 is 2.48 bits per heavy atom. The Morgan fingerprint density at radius 2 is 1.82 bits per heavy atom. The van der Waals surface area contributed by atoms with Crippen LogP contribution in [0.15, 0.2) is 30.7 Å². The van der Waals surface area contributed by atoms with Crippen molar-refractivity contribution >= 4 is 17.4 Å². The number of anilines is 2. The van der Waals surface area contributed by atoms with Crippen molar-refractivity contribution < 1.29 is 18.0 Å². The number of carbonyl (C=O) groups is 1. The van der Waals surface area contributed by atoms with Crippen LogP contribution in [0.5, 0.6) is 0 Å². The number of nitrogens with zero attached hydrogens (tertiary/aromatic N) is 7. The van der Waals surface area contributed by atoms with E-state index >= 15 is 0 Å². The summed E-state index contributed by atoms with van der Waals surface area (Å²) in [5.74, 6) is 1.41. The number of aromatic nitrogens is 5. The Hall–Kier alpha value is -3.50. The van der Waals surface area contributed by atoms with Gasteiger partial charge >= 0.3 is 6.18 Å². The lowest BCUT2D eigenvalue weighted by Crippen LogP contribution is -2.50. The molecular formula is C22H24F3N7O. The van der Waals surface area contributed by atoms with Gasteiger partial charge in [0.2, 0.25) is 5.91 Å². The van der Waals surface area contributed by atoms with Crippen LogP contribution in [-0.2, 0) is 30.4 Å². The molecule has 0 spiro atoms. The molecule has 0 saturated heterocycles. The van der Waals surface area contributed by atoms with E-state index in [9.17, 15) is 18.0 Å². The Labute approximate surface area is 189 Å². The maximum absolute atomic E-state index is 12.7. The van der Waals surface area contributed by atoms with Crippen LogP contribution in [0, 0.1) is 6.92 Å². The quantitative estimate of drug-likeness (QED) is 0.584. The molecule has 4 heterocycles. The van der Waals surface area contributed by atoms with E-state index in [1.807, 2.05) is 32.0 Å². The third-order valence-electron chi connectivity index (χ3n) is 5.81. The fourth-order valence-electron chi connectivity index (χ4n) is 3.85. The zero-order valence-electron chi connectivity index (χ0n) is 18.8. The Morgan fingerprint density at radius 1 is 1.06 bits per heavy atom. The summed E-state index contributed by atoms with van der Waals surface area (Å²) in [5.41, 5.74) is 2.14. The highest BCUT2D eigenvalue weighted by molar-refractivity contribution is 6.04. The average Bonchev–Trinajstić information content (AvgIpc) is 3.21. The van der Waals surface area contributed by atoms with Crippen LogP contribution in [0.4, 0.5) is 24.7 Å². The summed E-state index contributed by atoms with van der Waals surface area (Å²) < 4.78 is 39.6. The van der Waals surface area contributed by atoms with Gasteiger partial charge < -0.3 is 9.80 Å². The van der Waals surface area contributed by atoms with E-state index in [0.717, 1.165) is 28.8 Å². The van der Waals surface area contributed by atoms with Crippen molar-refractivity contribution in [1.29, 1.82) is 0 Å². The number of rotatable bonds is 5. The summed E-state index contributed by atoms with van der Waals surface area (Å²) in [5, 5.41) is 4.30. The molecule has 1 atom stereocenters. The lowest BCUT2D eigenvalue weighted by Gasteiger charge is -2.37. The third kappa shape index (κ3) is 4.53. The molecule has 11 heteroatoms. The smallest absolute Gasteiger partial charge is 0.346 e. The molecule has 1 amide bonds. The second-order valence-electron chi connectivity index (χ2n) is 8.18. The minimum absolute atomic E-state index is 0.000102. The number of aryl methyl sites for hydroxylation is 3. The molecular weight excluding hydrogens is 435 g/mol. The van der Waals surface area contributed by atoms with Gasteiger partial charge in [0.05, 0.1) is 18.4 Å². The zero-order chi connectivity index (χ0) is 23.9. The fourth-order valence-corrected chi connectivity index (χ4v) is 3.85. The van der Waals surface area contributed by atoms with Crippen molar-refractivity contribution in [2.24, 2.45) is 0 Å². The van der Waals surface area contributed by atoms with Crippen LogP contribution < -0.4 is 9.80 Å². The van der Waals surface area contributed by atoms with Crippen molar-refractivity contribution in [2.75, 3.05) is 23.9 Å². The van der Waals surface area contributed by atoms with Gasteiger partial charge in [0.15, 0.2) is 5.82 Å².